The van der Waals surface area contributed by atoms with Gasteiger partial charge in [0.2, 0.25) is 5.82 Å². The third kappa shape index (κ3) is 3.32. The van der Waals surface area contributed by atoms with Gasteiger partial charge in [-0.15, -0.1) is 0 Å². The van der Waals surface area contributed by atoms with Crippen LogP contribution in [-0.4, -0.2) is 0 Å². The van der Waals surface area contributed by atoms with E-state index in [2.05, 4.69) is 15.9 Å². The van der Waals surface area contributed by atoms with E-state index in [1.165, 1.54) is 18.2 Å². The van der Waals surface area contributed by atoms with Crippen LogP contribution in [0.3, 0.4) is 0 Å². The fourth-order valence-electron chi connectivity index (χ4n) is 1.63. The summed E-state index contributed by atoms with van der Waals surface area (Å²) in [7, 11) is 0. The summed E-state index contributed by atoms with van der Waals surface area (Å²) in [6.45, 7) is 0.0209. The Labute approximate surface area is 122 Å². The van der Waals surface area contributed by atoms with E-state index in [1.54, 1.807) is 6.07 Å². The average molecular weight is 346 g/mol. The van der Waals surface area contributed by atoms with Crippen molar-refractivity contribution in [2.75, 3.05) is 0 Å². The highest BCUT2D eigenvalue weighted by Gasteiger charge is 2.12. The minimum atomic E-state index is -1.10. The lowest BCUT2D eigenvalue weighted by Crippen LogP contribution is -2.03. The molecular weight excluding hydrogens is 335 g/mol. The Morgan fingerprint density at radius 1 is 1.05 bits per heavy atom. The number of halogens is 4. The molecule has 0 radical (unpaired) electrons. The highest BCUT2D eigenvalue weighted by molar-refractivity contribution is 9.10. The predicted molar refractivity (Wildman–Crippen MR) is 72.7 cm³/mol. The number of nitrogens with two attached hydrogens (primary N) is 1. The molecule has 2 rings (SSSR count). The third-order valence-corrected chi connectivity index (χ3v) is 3.15. The first-order valence-corrected chi connectivity index (χ1v) is 6.55. The van der Waals surface area contributed by atoms with Crippen molar-refractivity contribution in [3.05, 3.63) is 63.4 Å². The molecule has 0 aliphatic heterocycles. The van der Waals surface area contributed by atoms with E-state index in [0.29, 0.717) is 10.0 Å². The van der Waals surface area contributed by atoms with Gasteiger partial charge in [-0.3, -0.25) is 0 Å². The van der Waals surface area contributed by atoms with Crippen molar-refractivity contribution in [3.63, 3.8) is 0 Å². The molecule has 2 aromatic carbocycles. The first-order valence-electron chi connectivity index (χ1n) is 5.76. The molecule has 0 saturated carbocycles. The maximum atomic E-state index is 13.7. The smallest absolute Gasteiger partial charge is 0.200 e. The summed E-state index contributed by atoms with van der Waals surface area (Å²) in [5.41, 5.74) is 6.27. The van der Waals surface area contributed by atoms with Gasteiger partial charge in [-0.2, -0.15) is 4.39 Å². The molecule has 0 aliphatic carbocycles. The fourth-order valence-corrected chi connectivity index (χ4v) is 2.04. The van der Waals surface area contributed by atoms with Crippen LogP contribution in [-0.2, 0) is 13.2 Å². The largest absolute Gasteiger partial charge is 0.486 e. The van der Waals surface area contributed by atoms with Crippen LogP contribution in [0.2, 0.25) is 0 Å². The van der Waals surface area contributed by atoms with E-state index < -0.39 is 17.5 Å². The number of hydrogen-bond acceptors (Lipinski definition) is 2. The standard InChI is InChI=1S/C14H11BrF3NO/c15-10-4-12(17)14(18)13(5-10)20-7-9-2-1-8(6-19)3-11(9)16/h1-5H,6-7,19H2. The summed E-state index contributed by atoms with van der Waals surface area (Å²) in [6.07, 6.45) is 0. The van der Waals surface area contributed by atoms with Gasteiger partial charge in [-0.1, -0.05) is 28.1 Å². The predicted octanol–water partition coefficient (Wildman–Crippen LogP) is 3.90. The van der Waals surface area contributed by atoms with E-state index in [4.69, 9.17) is 10.5 Å². The van der Waals surface area contributed by atoms with E-state index in [-0.39, 0.29) is 24.5 Å². The zero-order valence-electron chi connectivity index (χ0n) is 10.3. The Hall–Kier alpha value is -1.53. The van der Waals surface area contributed by atoms with Gasteiger partial charge in [-0.05, 0) is 23.8 Å². The maximum Gasteiger partial charge on any atom is 0.200 e. The zero-order chi connectivity index (χ0) is 14.7. The van der Waals surface area contributed by atoms with Crippen molar-refractivity contribution in [1.29, 1.82) is 0 Å². The molecule has 0 fully saturated rings. The number of rotatable bonds is 4. The van der Waals surface area contributed by atoms with Gasteiger partial charge >= 0.3 is 0 Å². The molecule has 0 heterocycles. The van der Waals surface area contributed by atoms with Crippen molar-refractivity contribution in [2.45, 2.75) is 13.2 Å². The first-order chi connectivity index (χ1) is 9.51. The molecule has 6 heteroatoms. The summed E-state index contributed by atoms with van der Waals surface area (Å²) in [6, 6.07) is 6.71. The Morgan fingerprint density at radius 3 is 2.45 bits per heavy atom. The lowest BCUT2D eigenvalue weighted by Gasteiger charge is -2.10. The van der Waals surface area contributed by atoms with Gasteiger partial charge < -0.3 is 10.5 Å². The summed E-state index contributed by atoms with van der Waals surface area (Å²) < 4.78 is 45.8. The molecule has 106 valence electrons. The van der Waals surface area contributed by atoms with Gasteiger partial charge in [-0.25, -0.2) is 8.78 Å². The highest BCUT2D eigenvalue weighted by atomic mass is 79.9. The lowest BCUT2D eigenvalue weighted by molar-refractivity contribution is 0.279. The molecule has 20 heavy (non-hydrogen) atoms. The minimum absolute atomic E-state index is 0.205. The van der Waals surface area contributed by atoms with Crippen LogP contribution < -0.4 is 10.5 Å². The van der Waals surface area contributed by atoms with Crippen molar-refractivity contribution in [2.24, 2.45) is 5.73 Å². The average Bonchev–Trinajstić information content (AvgIpc) is 2.42. The molecule has 0 spiro atoms. The summed E-state index contributed by atoms with van der Waals surface area (Å²) in [4.78, 5) is 0. The van der Waals surface area contributed by atoms with Gasteiger partial charge in [0.25, 0.3) is 0 Å². The van der Waals surface area contributed by atoms with Gasteiger partial charge in [0, 0.05) is 16.6 Å². The second-order valence-electron chi connectivity index (χ2n) is 4.12. The molecule has 2 aromatic rings. The van der Waals surface area contributed by atoms with Gasteiger partial charge in [0.1, 0.15) is 12.4 Å². The quantitative estimate of drug-likeness (QED) is 0.853. The Bertz CT molecular complexity index is 634. The van der Waals surface area contributed by atoms with Crippen LogP contribution in [0.15, 0.2) is 34.8 Å². The van der Waals surface area contributed by atoms with Crippen molar-refractivity contribution < 1.29 is 17.9 Å². The van der Waals surface area contributed by atoms with Crippen LogP contribution in [0.25, 0.3) is 0 Å². The molecule has 0 saturated heterocycles. The molecule has 0 unspecified atom stereocenters. The van der Waals surface area contributed by atoms with Crippen molar-refractivity contribution in [1.82, 2.24) is 0 Å². The van der Waals surface area contributed by atoms with Crippen LogP contribution in [0.4, 0.5) is 13.2 Å². The normalized spacial score (nSPS) is 10.7. The third-order valence-electron chi connectivity index (χ3n) is 2.70. The molecule has 0 amide bonds. The Kier molecular flexibility index (Phi) is 4.67. The monoisotopic (exact) mass is 345 g/mol. The van der Waals surface area contributed by atoms with Gasteiger partial charge in [0.05, 0.1) is 0 Å². The van der Waals surface area contributed by atoms with E-state index >= 15 is 0 Å². The fraction of sp³-hybridized carbons (Fsp3) is 0.143. The van der Waals surface area contributed by atoms with Crippen molar-refractivity contribution in [3.8, 4) is 5.75 Å². The molecule has 0 aromatic heterocycles. The molecule has 2 nitrogen and oxygen atoms in total. The maximum absolute atomic E-state index is 13.7. The van der Waals surface area contributed by atoms with E-state index in [1.807, 2.05) is 0 Å². The van der Waals surface area contributed by atoms with Gasteiger partial charge in [0.15, 0.2) is 11.6 Å². The first kappa shape index (κ1) is 14.9. The molecular formula is C14H11BrF3NO. The minimum Gasteiger partial charge on any atom is -0.486 e. The second kappa shape index (κ2) is 6.28. The van der Waals surface area contributed by atoms with Crippen molar-refractivity contribution >= 4 is 15.9 Å². The molecule has 0 aliphatic rings. The van der Waals surface area contributed by atoms with Crippen LogP contribution in [0.5, 0.6) is 5.75 Å². The molecule has 2 N–H and O–H groups in total. The Balaban J connectivity index is 2.17. The molecule has 0 bridgehead atoms. The topological polar surface area (TPSA) is 35.2 Å². The van der Waals surface area contributed by atoms with Crippen LogP contribution >= 0.6 is 15.9 Å². The van der Waals surface area contributed by atoms with Crippen LogP contribution in [0, 0.1) is 17.5 Å². The zero-order valence-corrected chi connectivity index (χ0v) is 11.9. The lowest BCUT2D eigenvalue weighted by atomic mass is 10.1. The number of benzene rings is 2. The van der Waals surface area contributed by atoms with E-state index in [9.17, 15) is 13.2 Å². The summed E-state index contributed by atoms with van der Waals surface area (Å²) >= 11 is 3.03. The second-order valence-corrected chi connectivity index (χ2v) is 5.03. The summed E-state index contributed by atoms with van der Waals surface area (Å²) in [5.74, 6) is -2.91. The van der Waals surface area contributed by atoms with Crippen LogP contribution in [0.1, 0.15) is 11.1 Å². The number of ether oxygens (including phenoxy) is 1. The highest BCUT2D eigenvalue weighted by Crippen LogP contribution is 2.26. The summed E-state index contributed by atoms with van der Waals surface area (Å²) in [5, 5.41) is 0. The number of hydrogen-bond donors (Lipinski definition) is 1. The SMILES string of the molecule is NCc1ccc(COc2cc(Br)cc(F)c2F)c(F)c1. The molecule has 0 atom stereocenters. The Morgan fingerprint density at radius 2 is 1.80 bits per heavy atom. The van der Waals surface area contributed by atoms with E-state index in [0.717, 1.165) is 6.07 Å².